The Balaban J connectivity index is 1.38. The van der Waals surface area contributed by atoms with E-state index in [0.717, 1.165) is 24.0 Å². The highest BCUT2D eigenvalue weighted by atomic mass is 16.6. The van der Waals surface area contributed by atoms with E-state index in [-0.39, 0.29) is 18.6 Å². The van der Waals surface area contributed by atoms with Crippen LogP contribution in [0, 0.1) is 12.8 Å². The lowest BCUT2D eigenvalue weighted by Gasteiger charge is -2.31. The standard InChI is InChI=1S/C24H30N2O4/c1-17-3-5-20(6-4-17)16-30-24(29)26-13-11-19(12-14-26)15-25-23(28)22-9-7-21(8-10-22)18(2)27/h3-10,18-19,27H,11-16H2,1-2H3,(H,25,28). The number of aliphatic hydroxyl groups excluding tert-OH is 1. The zero-order chi connectivity index (χ0) is 21.5. The predicted molar refractivity (Wildman–Crippen MR) is 115 cm³/mol. The maximum Gasteiger partial charge on any atom is 0.410 e. The number of ether oxygens (including phenoxy) is 1. The summed E-state index contributed by atoms with van der Waals surface area (Å²) in [5.41, 5.74) is 3.52. The van der Waals surface area contributed by atoms with Crippen LogP contribution in [0.2, 0.25) is 0 Å². The summed E-state index contributed by atoms with van der Waals surface area (Å²) in [4.78, 5) is 26.3. The molecule has 1 heterocycles. The molecule has 1 fully saturated rings. The number of likely N-dealkylation sites (tertiary alicyclic amines) is 1. The third-order valence-electron chi connectivity index (χ3n) is 5.56. The highest BCUT2D eigenvalue weighted by molar-refractivity contribution is 5.94. The van der Waals surface area contributed by atoms with E-state index >= 15 is 0 Å². The fourth-order valence-corrected chi connectivity index (χ4v) is 3.49. The van der Waals surface area contributed by atoms with Crippen molar-refractivity contribution in [3.05, 3.63) is 70.8 Å². The van der Waals surface area contributed by atoms with Crippen molar-refractivity contribution in [2.75, 3.05) is 19.6 Å². The van der Waals surface area contributed by atoms with Crippen molar-refractivity contribution < 1.29 is 19.4 Å². The minimum absolute atomic E-state index is 0.118. The topological polar surface area (TPSA) is 78.9 Å². The largest absolute Gasteiger partial charge is 0.445 e. The van der Waals surface area contributed by atoms with Gasteiger partial charge in [0, 0.05) is 25.2 Å². The van der Waals surface area contributed by atoms with Gasteiger partial charge >= 0.3 is 6.09 Å². The summed E-state index contributed by atoms with van der Waals surface area (Å²) in [6.07, 6.45) is 0.842. The molecular weight excluding hydrogens is 380 g/mol. The normalized spacial score (nSPS) is 15.5. The second kappa shape index (κ2) is 10.3. The zero-order valence-electron chi connectivity index (χ0n) is 17.6. The number of amides is 2. The molecule has 0 saturated carbocycles. The van der Waals surface area contributed by atoms with Crippen LogP contribution in [-0.2, 0) is 11.3 Å². The van der Waals surface area contributed by atoms with Crippen molar-refractivity contribution in [2.45, 2.75) is 39.4 Å². The van der Waals surface area contributed by atoms with Gasteiger partial charge in [-0.2, -0.15) is 0 Å². The van der Waals surface area contributed by atoms with Crippen molar-refractivity contribution in [3.63, 3.8) is 0 Å². The molecule has 1 saturated heterocycles. The van der Waals surface area contributed by atoms with E-state index in [9.17, 15) is 14.7 Å². The Labute approximate surface area is 177 Å². The molecule has 2 amide bonds. The van der Waals surface area contributed by atoms with Crippen LogP contribution in [0.3, 0.4) is 0 Å². The van der Waals surface area contributed by atoms with Gasteiger partial charge in [0.15, 0.2) is 0 Å². The minimum atomic E-state index is -0.545. The second-order valence-electron chi connectivity index (χ2n) is 7.98. The third kappa shape index (κ3) is 6.07. The van der Waals surface area contributed by atoms with E-state index in [2.05, 4.69) is 5.32 Å². The van der Waals surface area contributed by atoms with E-state index < -0.39 is 6.10 Å². The Hall–Kier alpha value is -2.86. The lowest BCUT2D eigenvalue weighted by molar-refractivity contribution is 0.0800. The molecule has 1 aliphatic heterocycles. The van der Waals surface area contributed by atoms with Gasteiger partial charge in [0.2, 0.25) is 0 Å². The van der Waals surface area contributed by atoms with E-state index in [4.69, 9.17) is 4.74 Å². The molecule has 1 atom stereocenters. The van der Waals surface area contributed by atoms with Gasteiger partial charge in [-0.3, -0.25) is 4.79 Å². The average Bonchev–Trinajstić information content (AvgIpc) is 2.77. The first-order chi connectivity index (χ1) is 14.4. The van der Waals surface area contributed by atoms with Crippen LogP contribution in [0.4, 0.5) is 4.79 Å². The van der Waals surface area contributed by atoms with E-state index in [1.54, 1.807) is 36.1 Å². The monoisotopic (exact) mass is 410 g/mol. The van der Waals surface area contributed by atoms with Crippen LogP contribution < -0.4 is 5.32 Å². The molecule has 1 aliphatic rings. The number of hydrogen-bond donors (Lipinski definition) is 2. The molecule has 2 aromatic rings. The Kier molecular flexibility index (Phi) is 7.46. The Morgan fingerprint density at radius 1 is 1.10 bits per heavy atom. The van der Waals surface area contributed by atoms with Crippen LogP contribution in [-0.4, -0.2) is 41.6 Å². The van der Waals surface area contributed by atoms with Crippen LogP contribution in [0.15, 0.2) is 48.5 Å². The van der Waals surface area contributed by atoms with Gasteiger partial charge in [0.25, 0.3) is 5.91 Å². The summed E-state index contributed by atoms with van der Waals surface area (Å²) in [7, 11) is 0. The molecule has 3 rings (SSSR count). The van der Waals surface area contributed by atoms with Crippen LogP contribution in [0.25, 0.3) is 0 Å². The SMILES string of the molecule is Cc1ccc(COC(=O)N2CCC(CNC(=O)c3ccc(C(C)O)cc3)CC2)cc1. The molecule has 0 bridgehead atoms. The van der Waals surface area contributed by atoms with Crippen molar-refractivity contribution in [1.29, 1.82) is 0 Å². The molecule has 0 radical (unpaired) electrons. The minimum Gasteiger partial charge on any atom is -0.445 e. The van der Waals surface area contributed by atoms with Gasteiger partial charge in [-0.25, -0.2) is 4.79 Å². The van der Waals surface area contributed by atoms with Crippen molar-refractivity contribution in [1.82, 2.24) is 10.2 Å². The highest BCUT2D eigenvalue weighted by Gasteiger charge is 2.24. The van der Waals surface area contributed by atoms with Gasteiger partial charge in [0.05, 0.1) is 6.10 Å². The predicted octanol–water partition coefficient (Wildman–Crippen LogP) is 3.83. The van der Waals surface area contributed by atoms with E-state index in [1.807, 2.05) is 31.2 Å². The zero-order valence-corrected chi connectivity index (χ0v) is 17.6. The number of carbonyl (C=O) groups excluding carboxylic acids is 2. The molecule has 1 unspecified atom stereocenters. The van der Waals surface area contributed by atoms with Crippen molar-refractivity contribution in [2.24, 2.45) is 5.92 Å². The Morgan fingerprint density at radius 3 is 2.33 bits per heavy atom. The van der Waals surface area contributed by atoms with E-state index in [0.29, 0.717) is 31.1 Å². The molecular formula is C24H30N2O4. The Morgan fingerprint density at radius 2 is 1.73 bits per heavy atom. The molecule has 2 aromatic carbocycles. The number of benzene rings is 2. The molecule has 30 heavy (non-hydrogen) atoms. The molecule has 0 spiro atoms. The lowest BCUT2D eigenvalue weighted by Crippen LogP contribution is -2.41. The maximum atomic E-state index is 12.3. The van der Waals surface area contributed by atoms with Gasteiger partial charge in [-0.1, -0.05) is 42.0 Å². The number of carbonyl (C=O) groups is 2. The van der Waals surface area contributed by atoms with Crippen LogP contribution in [0.1, 0.15) is 52.9 Å². The summed E-state index contributed by atoms with van der Waals surface area (Å²) >= 11 is 0. The molecule has 0 aliphatic carbocycles. The molecule has 160 valence electrons. The second-order valence-corrected chi connectivity index (χ2v) is 7.98. The number of hydrogen-bond acceptors (Lipinski definition) is 4. The highest BCUT2D eigenvalue weighted by Crippen LogP contribution is 2.18. The number of nitrogens with zero attached hydrogens (tertiary/aromatic N) is 1. The lowest BCUT2D eigenvalue weighted by atomic mass is 9.97. The number of aliphatic hydroxyl groups is 1. The fraction of sp³-hybridized carbons (Fsp3) is 0.417. The van der Waals surface area contributed by atoms with Crippen LogP contribution >= 0.6 is 0 Å². The number of rotatable bonds is 6. The molecule has 0 aromatic heterocycles. The molecule has 2 N–H and O–H groups in total. The van der Waals surface area contributed by atoms with Gasteiger partial charge < -0.3 is 20.1 Å². The summed E-state index contributed by atoms with van der Waals surface area (Å²) in [6, 6.07) is 14.9. The maximum absolute atomic E-state index is 12.3. The summed E-state index contributed by atoms with van der Waals surface area (Å²) in [5, 5.41) is 12.5. The van der Waals surface area contributed by atoms with Crippen molar-refractivity contribution >= 4 is 12.0 Å². The quantitative estimate of drug-likeness (QED) is 0.759. The Bertz CT molecular complexity index is 839. The van der Waals surface area contributed by atoms with Crippen LogP contribution in [0.5, 0.6) is 0 Å². The summed E-state index contributed by atoms with van der Waals surface area (Å²) in [6.45, 7) is 5.86. The number of nitrogens with one attached hydrogen (secondary N) is 1. The molecule has 6 heteroatoms. The van der Waals surface area contributed by atoms with Gasteiger partial charge in [0.1, 0.15) is 6.61 Å². The van der Waals surface area contributed by atoms with Gasteiger partial charge in [-0.15, -0.1) is 0 Å². The molecule has 6 nitrogen and oxygen atoms in total. The van der Waals surface area contributed by atoms with Gasteiger partial charge in [-0.05, 0) is 55.9 Å². The third-order valence-corrected chi connectivity index (χ3v) is 5.56. The first-order valence-electron chi connectivity index (χ1n) is 10.5. The first-order valence-corrected chi connectivity index (χ1v) is 10.5. The van der Waals surface area contributed by atoms with E-state index in [1.165, 1.54) is 5.56 Å². The summed E-state index contributed by atoms with van der Waals surface area (Å²) in [5.74, 6) is 0.221. The average molecular weight is 411 g/mol. The fourth-order valence-electron chi connectivity index (χ4n) is 3.49. The van der Waals surface area contributed by atoms with Crippen molar-refractivity contribution in [3.8, 4) is 0 Å². The summed E-state index contributed by atoms with van der Waals surface area (Å²) < 4.78 is 5.42. The number of piperidine rings is 1. The smallest absolute Gasteiger partial charge is 0.410 e. The first kappa shape index (κ1) is 21.8. The number of aryl methyl sites for hydroxylation is 1.